The molecule has 0 atom stereocenters. The number of nitrogens with one attached hydrogen (secondary N) is 1. The molecular formula is C48H37BN3. The number of hydrogen-bond acceptors (Lipinski definition) is 2. The van der Waals surface area contributed by atoms with Crippen LogP contribution in [-0.4, -0.2) is 11.8 Å². The third kappa shape index (κ3) is 3.77. The second-order valence-electron chi connectivity index (χ2n) is 15.7. The molecule has 0 saturated heterocycles. The molecule has 7 aromatic carbocycles. The maximum Gasteiger partial charge on any atom is 0.197 e. The maximum atomic E-state index is 3.78. The summed E-state index contributed by atoms with van der Waals surface area (Å²) in [4.78, 5) is 2.56. The third-order valence-corrected chi connectivity index (χ3v) is 12.2. The number of hydrogen-bond donors (Lipinski definition) is 1. The molecule has 8 aromatic rings. The number of aromatic nitrogens is 1. The molecule has 3 nitrogen and oxygen atoms in total. The van der Waals surface area contributed by atoms with Crippen molar-refractivity contribution >= 4 is 68.4 Å². The molecule has 1 N–H and O–H groups in total. The summed E-state index contributed by atoms with van der Waals surface area (Å²) in [5, 5.41) is 6.38. The zero-order valence-corrected chi connectivity index (χ0v) is 29.8. The first kappa shape index (κ1) is 29.7. The van der Waals surface area contributed by atoms with Crippen molar-refractivity contribution in [3.63, 3.8) is 0 Å². The van der Waals surface area contributed by atoms with Crippen LogP contribution >= 0.6 is 0 Å². The van der Waals surface area contributed by atoms with Crippen LogP contribution in [0.5, 0.6) is 0 Å². The average Bonchev–Trinajstić information content (AvgIpc) is 3.52. The summed E-state index contributed by atoms with van der Waals surface area (Å²) in [6.07, 6.45) is 0. The molecule has 1 aromatic heterocycles. The predicted molar refractivity (Wildman–Crippen MR) is 220 cm³/mol. The highest BCUT2D eigenvalue weighted by atomic mass is 15.2. The summed E-state index contributed by atoms with van der Waals surface area (Å²) in [7, 11) is 2.46. The number of rotatable bonds is 4. The molecular weight excluding hydrogens is 629 g/mol. The van der Waals surface area contributed by atoms with Crippen LogP contribution in [0.3, 0.4) is 0 Å². The molecule has 0 unspecified atom stereocenters. The highest BCUT2D eigenvalue weighted by Gasteiger charge is 2.42. The topological polar surface area (TPSA) is 20.2 Å². The Morgan fingerprint density at radius 2 is 1.13 bits per heavy atom. The van der Waals surface area contributed by atoms with Crippen LogP contribution in [0.1, 0.15) is 49.9 Å². The van der Waals surface area contributed by atoms with Gasteiger partial charge in [0.2, 0.25) is 0 Å². The molecule has 0 amide bonds. The third-order valence-electron chi connectivity index (χ3n) is 12.2. The van der Waals surface area contributed by atoms with E-state index in [1.165, 1.54) is 88.9 Å². The summed E-state index contributed by atoms with van der Waals surface area (Å²) >= 11 is 0. The van der Waals surface area contributed by atoms with Crippen molar-refractivity contribution in [1.29, 1.82) is 0 Å². The Bertz CT molecular complexity index is 2760. The van der Waals surface area contributed by atoms with E-state index < -0.39 is 0 Å². The molecule has 3 aliphatic heterocycles. The zero-order chi connectivity index (χ0) is 34.9. The smallest absolute Gasteiger partial charge is 0.197 e. The molecule has 4 heterocycles. The molecule has 4 heteroatoms. The molecule has 247 valence electrons. The van der Waals surface area contributed by atoms with Crippen LogP contribution in [0.4, 0.5) is 28.4 Å². The van der Waals surface area contributed by atoms with Gasteiger partial charge in [0.1, 0.15) is 0 Å². The van der Waals surface area contributed by atoms with Crippen LogP contribution in [0.15, 0.2) is 146 Å². The van der Waals surface area contributed by atoms with Gasteiger partial charge in [-0.1, -0.05) is 142 Å². The van der Waals surface area contributed by atoms with Crippen molar-refractivity contribution in [2.24, 2.45) is 0 Å². The number of nitrogens with zero attached hydrogens (tertiary/aromatic N) is 2. The molecule has 0 spiro atoms. The number of anilines is 5. The largest absolute Gasteiger partial charge is 0.355 e. The van der Waals surface area contributed by atoms with Crippen molar-refractivity contribution in [2.45, 2.75) is 38.5 Å². The number of para-hydroxylation sites is 6. The van der Waals surface area contributed by atoms with Crippen molar-refractivity contribution in [3.8, 4) is 16.8 Å². The van der Waals surface area contributed by atoms with Gasteiger partial charge in [0.05, 0.1) is 28.1 Å². The van der Waals surface area contributed by atoms with E-state index >= 15 is 0 Å². The summed E-state index contributed by atoms with van der Waals surface area (Å²) in [6.45, 7) is 9.52. The predicted octanol–water partition coefficient (Wildman–Crippen LogP) is 10.9. The van der Waals surface area contributed by atoms with Crippen LogP contribution < -0.4 is 21.1 Å². The number of benzene rings is 7. The summed E-state index contributed by atoms with van der Waals surface area (Å²) < 4.78 is 2.62. The number of fused-ring (bicyclic) bond motifs is 3. The van der Waals surface area contributed by atoms with E-state index in [2.05, 4.69) is 195 Å². The van der Waals surface area contributed by atoms with E-state index in [4.69, 9.17) is 0 Å². The van der Waals surface area contributed by atoms with Crippen molar-refractivity contribution in [3.05, 3.63) is 168 Å². The first-order valence-electron chi connectivity index (χ1n) is 18.4. The van der Waals surface area contributed by atoms with E-state index in [-0.39, 0.29) is 10.8 Å². The Hall–Kier alpha value is -6.00. The lowest BCUT2D eigenvalue weighted by molar-refractivity contribution is 0.631. The normalized spacial score (nSPS) is 15.3. The van der Waals surface area contributed by atoms with Gasteiger partial charge >= 0.3 is 0 Å². The minimum atomic E-state index is -0.154. The van der Waals surface area contributed by atoms with Gasteiger partial charge in [0, 0.05) is 44.2 Å². The van der Waals surface area contributed by atoms with Gasteiger partial charge in [0.15, 0.2) is 7.28 Å². The lowest BCUT2D eigenvalue weighted by Crippen LogP contribution is -2.41. The minimum Gasteiger partial charge on any atom is -0.355 e. The van der Waals surface area contributed by atoms with Gasteiger partial charge in [0.25, 0.3) is 0 Å². The lowest BCUT2D eigenvalue weighted by Gasteiger charge is -2.42. The van der Waals surface area contributed by atoms with Crippen molar-refractivity contribution in [1.82, 2.24) is 4.57 Å². The Morgan fingerprint density at radius 3 is 1.90 bits per heavy atom. The van der Waals surface area contributed by atoms with E-state index in [0.29, 0.717) is 0 Å². The molecule has 3 aliphatic rings. The van der Waals surface area contributed by atoms with Crippen molar-refractivity contribution in [2.75, 3.05) is 10.2 Å². The minimum absolute atomic E-state index is 0.149. The molecule has 0 aliphatic carbocycles. The highest BCUT2D eigenvalue weighted by molar-refractivity contribution is 6.74. The zero-order valence-electron chi connectivity index (χ0n) is 29.8. The first-order chi connectivity index (χ1) is 25.3. The fraction of sp³-hybridized carbons (Fsp3) is 0.125. The molecule has 0 bridgehead atoms. The Morgan fingerprint density at radius 1 is 0.519 bits per heavy atom. The molecule has 52 heavy (non-hydrogen) atoms. The fourth-order valence-electron chi connectivity index (χ4n) is 9.70. The average molecular weight is 667 g/mol. The van der Waals surface area contributed by atoms with Gasteiger partial charge in [-0.3, -0.25) is 0 Å². The molecule has 11 rings (SSSR count). The fourth-order valence-corrected chi connectivity index (χ4v) is 9.70. The van der Waals surface area contributed by atoms with Crippen molar-refractivity contribution < 1.29 is 0 Å². The van der Waals surface area contributed by atoms with Gasteiger partial charge in [-0.05, 0) is 69.7 Å². The van der Waals surface area contributed by atoms with Gasteiger partial charge < -0.3 is 14.8 Å². The summed E-state index contributed by atoms with van der Waals surface area (Å²) in [5.41, 5.74) is 19.8. The highest BCUT2D eigenvalue weighted by Crippen LogP contribution is 2.56. The van der Waals surface area contributed by atoms with Crippen LogP contribution in [0.25, 0.3) is 38.6 Å². The van der Waals surface area contributed by atoms with E-state index in [1.54, 1.807) is 0 Å². The SMILES string of the molecule is CC1(C)c2ccccc2N(c2cc(-c3ccccc3Nc3ccccc3)c3c4c2c2cccc5c2n4-c2c(cccc2C5(C)C)[B]3)c2ccccc21. The van der Waals surface area contributed by atoms with E-state index in [9.17, 15) is 0 Å². The Labute approximate surface area is 305 Å². The van der Waals surface area contributed by atoms with Gasteiger partial charge in [-0.2, -0.15) is 0 Å². The van der Waals surface area contributed by atoms with Crippen LogP contribution in [0, 0.1) is 0 Å². The van der Waals surface area contributed by atoms with Gasteiger partial charge in [-0.15, -0.1) is 0 Å². The lowest BCUT2D eigenvalue weighted by atomic mass is 9.57. The Balaban J connectivity index is 1.33. The van der Waals surface area contributed by atoms with Crippen LogP contribution in [0.2, 0.25) is 0 Å². The maximum absolute atomic E-state index is 3.78. The second-order valence-corrected chi connectivity index (χ2v) is 15.7. The van der Waals surface area contributed by atoms with E-state index in [0.717, 1.165) is 11.4 Å². The molecule has 0 fully saturated rings. The quantitative estimate of drug-likeness (QED) is 0.189. The second kappa shape index (κ2) is 10.3. The van der Waals surface area contributed by atoms with E-state index in [1.807, 2.05) is 0 Å². The first-order valence-corrected chi connectivity index (χ1v) is 18.4. The monoisotopic (exact) mass is 666 g/mol. The summed E-state index contributed by atoms with van der Waals surface area (Å²) in [6, 6.07) is 53.7. The summed E-state index contributed by atoms with van der Waals surface area (Å²) in [5.74, 6) is 0. The molecule has 1 radical (unpaired) electrons. The molecule has 0 saturated carbocycles. The Kier molecular flexibility index (Phi) is 5.88. The van der Waals surface area contributed by atoms with Crippen LogP contribution in [-0.2, 0) is 10.8 Å². The van der Waals surface area contributed by atoms with Gasteiger partial charge in [-0.25, -0.2) is 0 Å². The standard InChI is InChI=1S/C48H37BN3/c1-47(2)33-20-9-12-26-39(33)51(40-27-13-10-21-34(40)47)41-28-32(30-18-8-11-25-38(30)50-29-16-6-5-7-17-29)43-46-42(41)31-19-14-22-35-44(31)52(46)45-36(48(35,3)4)23-15-24-37(45)49-43/h5-28,50H,1-4H3.